The van der Waals surface area contributed by atoms with E-state index in [1.54, 1.807) is 14.2 Å². The van der Waals surface area contributed by atoms with Crippen LogP contribution in [0.1, 0.15) is 29.7 Å². The molecular formula is C19H28N2O2. The van der Waals surface area contributed by atoms with Gasteiger partial charge in [-0.25, -0.2) is 0 Å². The minimum Gasteiger partial charge on any atom is -0.493 e. The number of benzene rings is 1. The SMILES string of the molecule is COc1ccc(CCn2ccc(C)c2CCCCN)cc1OC. The summed E-state index contributed by atoms with van der Waals surface area (Å²) in [6.45, 7) is 3.93. The van der Waals surface area contributed by atoms with E-state index in [-0.39, 0.29) is 0 Å². The minimum atomic E-state index is 0.769. The largest absolute Gasteiger partial charge is 0.493 e. The van der Waals surface area contributed by atoms with Gasteiger partial charge in [0.25, 0.3) is 0 Å². The van der Waals surface area contributed by atoms with Crippen LogP contribution in [0.4, 0.5) is 0 Å². The second kappa shape index (κ2) is 8.63. The standard InChI is InChI=1S/C19H28N2O2/c1-15-9-12-21(17(15)6-4-5-11-20)13-10-16-7-8-18(22-2)19(14-16)23-3/h7-9,12,14H,4-6,10-11,13,20H2,1-3H3. The number of ether oxygens (including phenoxy) is 2. The summed E-state index contributed by atoms with van der Waals surface area (Å²) < 4.78 is 13.0. The minimum absolute atomic E-state index is 0.769. The summed E-state index contributed by atoms with van der Waals surface area (Å²) in [5.41, 5.74) is 9.65. The Balaban J connectivity index is 2.03. The molecule has 0 spiro atoms. The van der Waals surface area contributed by atoms with E-state index in [0.717, 1.165) is 50.3 Å². The Morgan fingerprint density at radius 3 is 2.48 bits per heavy atom. The Morgan fingerprint density at radius 2 is 1.78 bits per heavy atom. The number of hydrogen-bond donors (Lipinski definition) is 1. The van der Waals surface area contributed by atoms with Crippen molar-refractivity contribution in [2.24, 2.45) is 5.73 Å². The molecule has 2 rings (SSSR count). The summed E-state index contributed by atoms with van der Waals surface area (Å²) in [4.78, 5) is 0. The van der Waals surface area contributed by atoms with Crippen molar-refractivity contribution >= 4 is 0 Å². The molecule has 0 amide bonds. The number of nitrogens with two attached hydrogens (primary N) is 1. The smallest absolute Gasteiger partial charge is 0.160 e. The maximum atomic E-state index is 5.60. The van der Waals surface area contributed by atoms with Crippen molar-refractivity contribution in [2.45, 2.75) is 39.2 Å². The second-order valence-electron chi connectivity index (χ2n) is 5.82. The van der Waals surface area contributed by atoms with E-state index < -0.39 is 0 Å². The van der Waals surface area contributed by atoms with Gasteiger partial charge >= 0.3 is 0 Å². The number of unbranched alkanes of at least 4 members (excludes halogenated alkanes) is 1. The lowest BCUT2D eigenvalue weighted by atomic mass is 10.1. The zero-order valence-corrected chi connectivity index (χ0v) is 14.5. The lowest BCUT2D eigenvalue weighted by Gasteiger charge is -2.12. The quantitative estimate of drug-likeness (QED) is 0.722. The topological polar surface area (TPSA) is 49.4 Å². The van der Waals surface area contributed by atoms with Crippen molar-refractivity contribution in [1.29, 1.82) is 0 Å². The molecule has 0 fully saturated rings. The summed E-state index contributed by atoms with van der Waals surface area (Å²) in [5.74, 6) is 1.56. The van der Waals surface area contributed by atoms with Crippen molar-refractivity contribution in [3.63, 3.8) is 0 Å². The zero-order valence-electron chi connectivity index (χ0n) is 14.5. The fourth-order valence-corrected chi connectivity index (χ4v) is 2.89. The van der Waals surface area contributed by atoms with Gasteiger partial charge in [0.15, 0.2) is 11.5 Å². The maximum Gasteiger partial charge on any atom is 0.160 e. The first-order valence-corrected chi connectivity index (χ1v) is 8.25. The van der Waals surface area contributed by atoms with Crippen LogP contribution in [0.15, 0.2) is 30.5 Å². The van der Waals surface area contributed by atoms with Gasteiger partial charge in [-0.05, 0) is 68.5 Å². The van der Waals surface area contributed by atoms with Gasteiger partial charge < -0.3 is 19.8 Å². The molecule has 2 N–H and O–H groups in total. The van der Waals surface area contributed by atoms with Gasteiger partial charge in [0.2, 0.25) is 0 Å². The Bertz CT molecular complexity index is 620. The van der Waals surface area contributed by atoms with Crippen molar-refractivity contribution in [1.82, 2.24) is 4.57 Å². The van der Waals surface area contributed by atoms with Crippen LogP contribution in [0, 0.1) is 6.92 Å². The molecule has 1 aromatic carbocycles. The van der Waals surface area contributed by atoms with E-state index in [4.69, 9.17) is 15.2 Å². The monoisotopic (exact) mass is 316 g/mol. The van der Waals surface area contributed by atoms with Gasteiger partial charge in [-0.15, -0.1) is 0 Å². The first-order valence-electron chi connectivity index (χ1n) is 8.25. The molecule has 0 unspecified atom stereocenters. The van der Waals surface area contributed by atoms with Crippen LogP contribution in [0.25, 0.3) is 0 Å². The van der Waals surface area contributed by atoms with Crippen LogP contribution in [0.2, 0.25) is 0 Å². The van der Waals surface area contributed by atoms with E-state index in [1.165, 1.54) is 16.8 Å². The molecule has 0 aliphatic carbocycles. The molecule has 0 aliphatic rings. The normalized spacial score (nSPS) is 10.8. The lowest BCUT2D eigenvalue weighted by Crippen LogP contribution is -2.07. The number of aromatic nitrogens is 1. The van der Waals surface area contributed by atoms with Gasteiger partial charge in [-0.1, -0.05) is 6.07 Å². The van der Waals surface area contributed by atoms with Crippen LogP contribution in [0.5, 0.6) is 11.5 Å². The average Bonchev–Trinajstić information content (AvgIpc) is 2.93. The average molecular weight is 316 g/mol. The van der Waals surface area contributed by atoms with Crippen LogP contribution in [0.3, 0.4) is 0 Å². The number of nitrogens with zero attached hydrogens (tertiary/aromatic N) is 1. The molecule has 0 saturated carbocycles. The van der Waals surface area contributed by atoms with E-state index in [1.807, 2.05) is 6.07 Å². The van der Waals surface area contributed by atoms with Crippen molar-refractivity contribution < 1.29 is 9.47 Å². The van der Waals surface area contributed by atoms with E-state index >= 15 is 0 Å². The molecule has 1 heterocycles. The van der Waals surface area contributed by atoms with Gasteiger partial charge in [-0.2, -0.15) is 0 Å². The Hall–Kier alpha value is -1.94. The highest BCUT2D eigenvalue weighted by Gasteiger charge is 2.08. The summed E-state index contributed by atoms with van der Waals surface area (Å²) in [6, 6.07) is 8.33. The van der Waals surface area contributed by atoms with Gasteiger partial charge in [0, 0.05) is 18.4 Å². The molecule has 0 saturated heterocycles. The molecule has 4 heteroatoms. The van der Waals surface area contributed by atoms with E-state index in [2.05, 4.69) is 35.9 Å². The number of rotatable bonds is 9. The Morgan fingerprint density at radius 1 is 1.00 bits per heavy atom. The van der Waals surface area contributed by atoms with Crippen LogP contribution in [-0.2, 0) is 19.4 Å². The van der Waals surface area contributed by atoms with E-state index in [0.29, 0.717) is 0 Å². The summed E-state index contributed by atoms with van der Waals surface area (Å²) in [7, 11) is 3.33. The van der Waals surface area contributed by atoms with Crippen LogP contribution >= 0.6 is 0 Å². The summed E-state index contributed by atoms with van der Waals surface area (Å²) in [5, 5.41) is 0. The van der Waals surface area contributed by atoms with Crippen molar-refractivity contribution in [3.8, 4) is 11.5 Å². The first kappa shape index (κ1) is 17.4. The van der Waals surface area contributed by atoms with Gasteiger partial charge in [-0.3, -0.25) is 0 Å². The highest BCUT2D eigenvalue weighted by atomic mass is 16.5. The molecule has 4 nitrogen and oxygen atoms in total. The molecule has 23 heavy (non-hydrogen) atoms. The molecule has 2 aromatic rings. The Kier molecular flexibility index (Phi) is 6.53. The molecule has 0 atom stereocenters. The van der Waals surface area contributed by atoms with E-state index in [9.17, 15) is 0 Å². The predicted octanol–water partition coefficient (Wildman–Crippen LogP) is 3.34. The van der Waals surface area contributed by atoms with Crippen LogP contribution < -0.4 is 15.2 Å². The summed E-state index contributed by atoms with van der Waals surface area (Å²) in [6.07, 6.45) is 6.49. The van der Waals surface area contributed by atoms with Crippen LogP contribution in [-0.4, -0.2) is 25.3 Å². The lowest BCUT2D eigenvalue weighted by molar-refractivity contribution is 0.354. The third kappa shape index (κ3) is 4.52. The molecule has 0 radical (unpaired) electrons. The van der Waals surface area contributed by atoms with Crippen molar-refractivity contribution in [3.05, 3.63) is 47.3 Å². The fraction of sp³-hybridized carbons (Fsp3) is 0.474. The third-order valence-corrected chi connectivity index (χ3v) is 4.26. The molecule has 0 aliphatic heterocycles. The Labute approximate surface area is 139 Å². The summed E-state index contributed by atoms with van der Waals surface area (Å²) >= 11 is 0. The number of methoxy groups -OCH3 is 2. The first-order chi connectivity index (χ1) is 11.2. The third-order valence-electron chi connectivity index (χ3n) is 4.26. The highest BCUT2D eigenvalue weighted by Crippen LogP contribution is 2.28. The zero-order chi connectivity index (χ0) is 16.7. The molecule has 1 aromatic heterocycles. The van der Waals surface area contributed by atoms with Gasteiger partial charge in [0.1, 0.15) is 0 Å². The van der Waals surface area contributed by atoms with Crippen molar-refractivity contribution in [2.75, 3.05) is 20.8 Å². The maximum absolute atomic E-state index is 5.60. The number of hydrogen-bond acceptors (Lipinski definition) is 3. The molecular weight excluding hydrogens is 288 g/mol. The van der Waals surface area contributed by atoms with Gasteiger partial charge in [0.05, 0.1) is 14.2 Å². The fourth-order valence-electron chi connectivity index (χ4n) is 2.89. The number of aryl methyl sites for hydroxylation is 3. The molecule has 0 bridgehead atoms. The molecule has 126 valence electrons. The second-order valence-corrected chi connectivity index (χ2v) is 5.82. The highest BCUT2D eigenvalue weighted by molar-refractivity contribution is 5.42. The predicted molar refractivity (Wildman–Crippen MR) is 94.4 cm³/mol.